The van der Waals surface area contributed by atoms with Crippen LogP contribution in [0.3, 0.4) is 0 Å². The number of nitrogens with zero attached hydrogens (tertiary/aromatic N) is 1. The van der Waals surface area contributed by atoms with Gasteiger partial charge in [0.15, 0.2) is 0 Å². The van der Waals surface area contributed by atoms with E-state index in [1.807, 2.05) is 0 Å². The Kier molecular flexibility index (Phi) is 3.45. The molecule has 1 heterocycles. The van der Waals surface area contributed by atoms with E-state index >= 15 is 0 Å². The van der Waals surface area contributed by atoms with Crippen molar-refractivity contribution in [3.63, 3.8) is 0 Å². The molecule has 0 radical (unpaired) electrons. The van der Waals surface area contributed by atoms with Gasteiger partial charge < -0.3 is 15.3 Å². The second-order valence-electron chi connectivity index (χ2n) is 3.89. The predicted octanol–water partition coefficient (Wildman–Crippen LogP) is 1.69. The van der Waals surface area contributed by atoms with Crippen molar-refractivity contribution in [2.24, 2.45) is 0 Å². The van der Waals surface area contributed by atoms with Crippen LogP contribution in [0.4, 0.5) is 11.4 Å². The Morgan fingerprint density at radius 1 is 1.13 bits per heavy atom. The summed E-state index contributed by atoms with van der Waals surface area (Å²) in [4.78, 5) is 2.41. The molecular formula is C12H18N2O. The molecule has 15 heavy (non-hydrogen) atoms. The van der Waals surface area contributed by atoms with Crippen molar-refractivity contribution in [3.8, 4) is 0 Å². The van der Waals surface area contributed by atoms with Crippen LogP contribution in [-0.4, -0.2) is 31.3 Å². The van der Waals surface area contributed by atoms with Gasteiger partial charge in [0, 0.05) is 31.0 Å². The molecule has 0 saturated carbocycles. The van der Waals surface area contributed by atoms with Crippen molar-refractivity contribution in [1.29, 1.82) is 0 Å². The van der Waals surface area contributed by atoms with Crippen LogP contribution >= 0.6 is 0 Å². The van der Waals surface area contributed by atoms with Gasteiger partial charge in [0.1, 0.15) is 0 Å². The smallest absolute Gasteiger partial charge is 0.0604 e. The minimum atomic E-state index is 0.174. The minimum absolute atomic E-state index is 0.174. The number of nitrogens with one attached hydrogen (secondary N) is 1. The maximum Gasteiger partial charge on any atom is 0.0604 e. The lowest BCUT2D eigenvalue weighted by molar-refractivity contribution is 0.311. The summed E-state index contributed by atoms with van der Waals surface area (Å²) in [6.07, 6.45) is 2.62. The molecule has 1 aliphatic heterocycles. The highest BCUT2D eigenvalue weighted by Crippen LogP contribution is 2.21. The standard InChI is InChI=1S/C12H18N2O/c15-10-7-13-11-3-5-12(6-4-11)14-8-1-2-9-14/h3-6,13,15H,1-2,7-10H2. The minimum Gasteiger partial charge on any atom is -0.395 e. The van der Waals surface area contributed by atoms with Crippen LogP contribution in [-0.2, 0) is 0 Å². The fraction of sp³-hybridized carbons (Fsp3) is 0.500. The first-order chi connectivity index (χ1) is 7.40. The van der Waals surface area contributed by atoms with Crippen LogP contribution in [0.1, 0.15) is 12.8 Å². The van der Waals surface area contributed by atoms with Crippen molar-refractivity contribution in [3.05, 3.63) is 24.3 Å². The largest absolute Gasteiger partial charge is 0.395 e. The maximum atomic E-state index is 8.68. The summed E-state index contributed by atoms with van der Waals surface area (Å²) in [5, 5.41) is 11.8. The zero-order valence-electron chi connectivity index (χ0n) is 8.95. The molecule has 0 aromatic heterocycles. The molecule has 3 heteroatoms. The average molecular weight is 206 g/mol. The SMILES string of the molecule is OCCNc1ccc(N2CCCC2)cc1. The van der Waals surface area contributed by atoms with E-state index in [-0.39, 0.29) is 6.61 Å². The highest BCUT2D eigenvalue weighted by atomic mass is 16.3. The Bertz CT molecular complexity index is 291. The lowest BCUT2D eigenvalue weighted by Crippen LogP contribution is -2.17. The van der Waals surface area contributed by atoms with E-state index in [2.05, 4.69) is 34.5 Å². The van der Waals surface area contributed by atoms with Crippen molar-refractivity contribution < 1.29 is 5.11 Å². The van der Waals surface area contributed by atoms with Crippen LogP contribution < -0.4 is 10.2 Å². The van der Waals surface area contributed by atoms with Crippen LogP contribution in [0.2, 0.25) is 0 Å². The van der Waals surface area contributed by atoms with Gasteiger partial charge in [-0.3, -0.25) is 0 Å². The van der Waals surface area contributed by atoms with E-state index in [1.54, 1.807) is 0 Å². The Labute approximate surface area is 90.7 Å². The molecule has 0 aliphatic carbocycles. The fourth-order valence-electron chi connectivity index (χ4n) is 1.97. The molecule has 0 amide bonds. The lowest BCUT2D eigenvalue weighted by Gasteiger charge is -2.17. The summed E-state index contributed by atoms with van der Waals surface area (Å²) >= 11 is 0. The number of aliphatic hydroxyl groups excluding tert-OH is 1. The van der Waals surface area contributed by atoms with Crippen molar-refractivity contribution in [2.75, 3.05) is 36.5 Å². The Hall–Kier alpha value is -1.22. The zero-order valence-corrected chi connectivity index (χ0v) is 8.95. The van der Waals surface area contributed by atoms with E-state index < -0.39 is 0 Å². The molecule has 0 bridgehead atoms. The second kappa shape index (κ2) is 5.03. The van der Waals surface area contributed by atoms with Gasteiger partial charge in [0.05, 0.1) is 6.61 Å². The molecule has 0 spiro atoms. The number of anilines is 2. The predicted molar refractivity (Wildman–Crippen MR) is 63.5 cm³/mol. The van der Waals surface area contributed by atoms with Gasteiger partial charge in [-0.25, -0.2) is 0 Å². The Balaban J connectivity index is 1.96. The molecule has 2 N–H and O–H groups in total. The van der Waals surface area contributed by atoms with E-state index in [4.69, 9.17) is 5.11 Å². The number of hydrogen-bond acceptors (Lipinski definition) is 3. The lowest BCUT2D eigenvalue weighted by atomic mass is 10.2. The van der Waals surface area contributed by atoms with Gasteiger partial charge in [0.2, 0.25) is 0 Å². The summed E-state index contributed by atoms with van der Waals surface area (Å²) in [7, 11) is 0. The van der Waals surface area contributed by atoms with Crippen LogP contribution in [0.15, 0.2) is 24.3 Å². The quantitative estimate of drug-likeness (QED) is 0.787. The molecule has 1 saturated heterocycles. The first-order valence-corrected chi connectivity index (χ1v) is 5.60. The van der Waals surface area contributed by atoms with Crippen molar-refractivity contribution in [2.45, 2.75) is 12.8 Å². The van der Waals surface area contributed by atoms with E-state index in [1.165, 1.54) is 31.6 Å². The molecule has 82 valence electrons. The first-order valence-electron chi connectivity index (χ1n) is 5.60. The molecule has 1 aromatic rings. The highest BCUT2D eigenvalue weighted by molar-refractivity contribution is 5.55. The topological polar surface area (TPSA) is 35.5 Å². The van der Waals surface area contributed by atoms with E-state index in [0.29, 0.717) is 6.54 Å². The normalized spacial score (nSPS) is 15.7. The summed E-state index contributed by atoms with van der Waals surface area (Å²) in [6.45, 7) is 3.16. The number of benzene rings is 1. The van der Waals surface area contributed by atoms with Crippen LogP contribution in [0, 0.1) is 0 Å². The summed E-state index contributed by atoms with van der Waals surface area (Å²) in [5.74, 6) is 0. The summed E-state index contributed by atoms with van der Waals surface area (Å²) < 4.78 is 0. The van der Waals surface area contributed by atoms with Crippen LogP contribution in [0.5, 0.6) is 0 Å². The van der Waals surface area contributed by atoms with Crippen molar-refractivity contribution in [1.82, 2.24) is 0 Å². The third-order valence-corrected chi connectivity index (χ3v) is 2.78. The van der Waals surface area contributed by atoms with Gasteiger partial charge in [-0.05, 0) is 37.1 Å². The molecule has 1 aromatic carbocycles. The Morgan fingerprint density at radius 3 is 2.40 bits per heavy atom. The third kappa shape index (κ3) is 2.63. The number of rotatable bonds is 4. The second-order valence-corrected chi connectivity index (χ2v) is 3.89. The molecular weight excluding hydrogens is 188 g/mol. The van der Waals surface area contributed by atoms with E-state index in [0.717, 1.165) is 5.69 Å². The van der Waals surface area contributed by atoms with Gasteiger partial charge in [0.25, 0.3) is 0 Å². The van der Waals surface area contributed by atoms with Crippen LogP contribution in [0.25, 0.3) is 0 Å². The van der Waals surface area contributed by atoms with Gasteiger partial charge in [-0.15, -0.1) is 0 Å². The highest BCUT2D eigenvalue weighted by Gasteiger charge is 2.11. The van der Waals surface area contributed by atoms with E-state index in [9.17, 15) is 0 Å². The van der Waals surface area contributed by atoms with Gasteiger partial charge in [-0.2, -0.15) is 0 Å². The van der Waals surface area contributed by atoms with Gasteiger partial charge >= 0.3 is 0 Å². The third-order valence-electron chi connectivity index (χ3n) is 2.78. The monoisotopic (exact) mass is 206 g/mol. The number of hydrogen-bond donors (Lipinski definition) is 2. The fourth-order valence-corrected chi connectivity index (χ4v) is 1.97. The molecule has 3 nitrogen and oxygen atoms in total. The summed E-state index contributed by atoms with van der Waals surface area (Å²) in [6, 6.07) is 8.43. The molecule has 0 atom stereocenters. The molecule has 1 aliphatic rings. The molecule has 1 fully saturated rings. The zero-order chi connectivity index (χ0) is 10.5. The summed E-state index contributed by atoms with van der Waals surface area (Å²) in [5.41, 5.74) is 2.38. The van der Waals surface area contributed by atoms with Gasteiger partial charge in [-0.1, -0.05) is 0 Å². The Morgan fingerprint density at radius 2 is 1.80 bits per heavy atom. The van der Waals surface area contributed by atoms with Crippen molar-refractivity contribution >= 4 is 11.4 Å². The average Bonchev–Trinajstić information content (AvgIpc) is 2.80. The first kappa shape index (κ1) is 10.3. The molecule has 0 unspecified atom stereocenters. The molecule has 2 rings (SSSR count). The number of aliphatic hydroxyl groups is 1. The maximum absolute atomic E-state index is 8.68.